The highest BCUT2D eigenvalue weighted by Crippen LogP contribution is 2.38. The molecule has 0 radical (unpaired) electrons. The fourth-order valence-corrected chi connectivity index (χ4v) is 3.91. The number of esters is 1. The molecule has 2 aromatic carbocycles. The molecule has 0 fully saturated rings. The number of nitrogens with zero attached hydrogens (tertiary/aromatic N) is 2. The van der Waals surface area contributed by atoms with Crippen LogP contribution in [0.25, 0.3) is 11.0 Å². The van der Waals surface area contributed by atoms with Gasteiger partial charge in [0.25, 0.3) is 0 Å². The molecule has 1 aliphatic rings. The minimum atomic E-state index is -0.977. The Labute approximate surface area is 160 Å². The maximum absolute atomic E-state index is 12.8. The molecule has 1 N–H and O–H groups in total. The van der Waals surface area contributed by atoms with Crippen LogP contribution in [0.1, 0.15) is 18.5 Å². The van der Waals surface area contributed by atoms with Crippen molar-refractivity contribution in [1.29, 1.82) is 0 Å². The van der Waals surface area contributed by atoms with E-state index in [9.17, 15) is 9.59 Å². The number of benzene rings is 2. The number of carbonyl (C=O) groups excluding carboxylic acids is 2. The minimum Gasteiger partial charge on any atom is -0.465 e. The van der Waals surface area contributed by atoms with E-state index in [4.69, 9.17) is 4.74 Å². The van der Waals surface area contributed by atoms with Gasteiger partial charge in [-0.25, -0.2) is 4.98 Å². The highest BCUT2D eigenvalue weighted by molar-refractivity contribution is 7.98. The smallest absolute Gasteiger partial charge is 0.321 e. The SMILES string of the molecule is CCOC(=O)[C@@H]1C(=O)Nc2nc3ccccc3n2[C@H]1c1ccc(SC)cc1. The first kappa shape index (κ1) is 17.6. The lowest BCUT2D eigenvalue weighted by atomic mass is 9.90. The summed E-state index contributed by atoms with van der Waals surface area (Å²) in [5, 5.41) is 2.77. The molecule has 3 aromatic rings. The third-order valence-corrected chi connectivity index (χ3v) is 5.45. The van der Waals surface area contributed by atoms with Gasteiger partial charge < -0.3 is 9.30 Å². The van der Waals surface area contributed by atoms with Gasteiger partial charge in [0.05, 0.1) is 23.7 Å². The summed E-state index contributed by atoms with van der Waals surface area (Å²) in [4.78, 5) is 31.1. The summed E-state index contributed by atoms with van der Waals surface area (Å²) in [5.41, 5.74) is 2.49. The molecule has 7 heteroatoms. The van der Waals surface area contributed by atoms with E-state index in [1.165, 1.54) is 0 Å². The number of para-hydroxylation sites is 2. The molecule has 0 unspecified atom stereocenters. The number of amides is 1. The lowest BCUT2D eigenvalue weighted by Gasteiger charge is -2.32. The van der Waals surface area contributed by atoms with Crippen molar-refractivity contribution in [3.05, 3.63) is 54.1 Å². The van der Waals surface area contributed by atoms with Gasteiger partial charge in [-0.15, -0.1) is 11.8 Å². The second kappa shape index (κ2) is 7.08. The number of rotatable bonds is 4. The van der Waals surface area contributed by atoms with E-state index in [1.807, 2.05) is 59.4 Å². The van der Waals surface area contributed by atoms with Crippen molar-refractivity contribution < 1.29 is 14.3 Å². The molecule has 27 heavy (non-hydrogen) atoms. The van der Waals surface area contributed by atoms with E-state index in [2.05, 4.69) is 10.3 Å². The Hall–Kier alpha value is -2.80. The number of hydrogen-bond donors (Lipinski definition) is 1. The fourth-order valence-electron chi connectivity index (χ4n) is 3.51. The molecular weight excluding hydrogens is 362 g/mol. The monoisotopic (exact) mass is 381 g/mol. The molecule has 138 valence electrons. The summed E-state index contributed by atoms with van der Waals surface area (Å²) < 4.78 is 7.14. The number of hydrogen-bond acceptors (Lipinski definition) is 5. The predicted molar refractivity (Wildman–Crippen MR) is 105 cm³/mol. The van der Waals surface area contributed by atoms with E-state index in [1.54, 1.807) is 18.7 Å². The molecule has 0 spiro atoms. The molecule has 1 aromatic heterocycles. The molecule has 6 nitrogen and oxygen atoms in total. The van der Waals surface area contributed by atoms with Crippen molar-refractivity contribution in [1.82, 2.24) is 9.55 Å². The first-order chi connectivity index (χ1) is 13.1. The van der Waals surface area contributed by atoms with Crippen LogP contribution in [-0.4, -0.2) is 34.3 Å². The van der Waals surface area contributed by atoms with Crippen molar-refractivity contribution >= 4 is 40.6 Å². The van der Waals surface area contributed by atoms with Gasteiger partial charge in [-0.3, -0.25) is 14.9 Å². The van der Waals surface area contributed by atoms with Gasteiger partial charge in [0.1, 0.15) is 0 Å². The lowest BCUT2D eigenvalue weighted by Crippen LogP contribution is -2.43. The van der Waals surface area contributed by atoms with Gasteiger partial charge in [-0.2, -0.15) is 0 Å². The molecule has 0 saturated heterocycles. The number of fused-ring (bicyclic) bond motifs is 3. The standard InChI is InChI=1S/C20H19N3O3S/c1-3-26-19(25)16-17(12-8-10-13(27-2)11-9-12)23-15-7-5-4-6-14(15)21-20(23)22-18(16)24/h4-11,16-17H,3H2,1-2H3,(H,21,22,24)/t16-,17-/m0/s1. The van der Waals surface area contributed by atoms with E-state index in [-0.39, 0.29) is 6.61 Å². The van der Waals surface area contributed by atoms with Crippen LogP contribution in [0, 0.1) is 5.92 Å². The van der Waals surface area contributed by atoms with Crippen molar-refractivity contribution in [2.45, 2.75) is 17.9 Å². The zero-order chi connectivity index (χ0) is 19.0. The first-order valence-electron chi connectivity index (χ1n) is 8.72. The van der Waals surface area contributed by atoms with Gasteiger partial charge >= 0.3 is 5.97 Å². The Morgan fingerprint density at radius 3 is 2.67 bits per heavy atom. The largest absolute Gasteiger partial charge is 0.465 e. The number of ether oxygens (including phenoxy) is 1. The summed E-state index contributed by atoms with van der Waals surface area (Å²) in [6, 6.07) is 15.0. The second-order valence-electron chi connectivity index (χ2n) is 6.23. The normalized spacial score (nSPS) is 18.8. The highest BCUT2D eigenvalue weighted by Gasteiger charge is 2.44. The Morgan fingerprint density at radius 1 is 1.22 bits per heavy atom. The van der Waals surface area contributed by atoms with Crippen LogP contribution in [-0.2, 0) is 14.3 Å². The highest BCUT2D eigenvalue weighted by atomic mass is 32.2. The molecule has 1 aliphatic heterocycles. The van der Waals surface area contributed by atoms with Crippen molar-refractivity contribution in [2.75, 3.05) is 18.2 Å². The second-order valence-corrected chi connectivity index (χ2v) is 7.11. The predicted octanol–water partition coefficient (Wildman–Crippen LogP) is 3.48. The van der Waals surface area contributed by atoms with Gasteiger partial charge in [-0.05, 0) is 43.0 Å². The van der Waals surface area contributed by atoms with Crippen molar-refractivity contribution in [3.8, 4) is 0 Å². The topological polar surface area (TPSA) is 73.2 Å². The maximum Gasteiger partial charge on any atom is 0.321 e. The molecular formula is C20H19N3O3S. The molecule has 4 rings (SSSR count). The van der Waals surface area contributed by atoms with Gasteiger partial charge in [0, 0.05) is 4.90 Å². The van der Waals surface area contributed by atoms with Crippen LogP contribution in [0.2, 0.25) is 0 Å². The Morgan fingerprint density at radius 2 is 1.96 bits per heavy atom. The number of anilines is 1. The summed E-state index contributed by atoms with van der Waals surface area (Å²) in [7, 11) is 0. The average Bonchev–Trinajstić information content (AvgIpc) is 3.05. The number of aromatic nitrogens is 2. The number of carbonyl (C=O) groups is 2. The zero-order valence-corrected chi connectivity index (χ0v) is 15.8. The Bertz CT molecular complexity index is 1010. The molecule has 2 atom stereocenters. The van der Waals surface area contributed by atoms with Crippen LogP contribution in [0.4, 0.5) is 5.95 Å². The van der Waals surface area contributed by atoms with Crippen molar-refractivity contribution in [3.63, 3.8) is 0 Å². The third kappa shape index (κ3) is 2.98. The van der Waals surface area contributed by atoms with E-state index in [0.29, 0.717) is 5.95 Å². The van der Waals surface area contributed by atoms with Crippen LogP contribution < -0.4 is 5.32 Å². The summed E-state index contributed by atoms with van der Waals surface area (Å²) >= 11 is 1.64. The number of nitrogens with one attached hydrogen (secondary N) is 1. The summed E-state index contributed by atoms with van der Waals surface area (Å²) in [6.07, 6.45) is 2.01. The molecule has 1 amide bonds. The summed E-state index contributed by atoms with van der Waals surface area (Å²) in [6.45, 7) is 1.96. The number of thioether (sulfide) groups is 1. The Kier molecular flexibility index (Phi) is 4.61. The Balaban J connectivity index is 1.92. The average molecular weight is 381 g/mol. The van der Waals surface area contributed by atoms with Crippen LogP contribution in [0.5, 0.6) is 0 Å². The van der Waals surface area contributed by atoms with Gasteiger partial charge in [0.2, 0.25) is 11.9 Å². The molecule has 0 aliphatic carbocycles. The zero-order valence-electron chi connectivity index (χ0n) is 15.0. The van der Waals surface area contributed by atoms with E-state index >= 15 is 0 Å². The minimum absolute atomic E-state index is 0.221. The van der Waals surface area contributed by atoms with Gasteiger partial charge in [0.15, 0.2) is 5.92 Å². The first-order valence-corrected chi connectivity index (χ1v) is 9.95. The lowest BCUT2D eigenvalue weighted by molar-refractivity contribution is -0.152. The molecule has 0 bridgehead atoms. The number of imidazole rings is 1. The molecule has 2 heterocycles. The van der Waals surface area contributed by atoms with E-state index < -0.39 is 23.8 Å². The third-order valence-electron chi connectivity index (χ3n) is 4.71. The fraction of sp³-hybridized carbons (Fsp3) is 0.250. The molecule has 0 saturated carbocycles. The van der Waals surface area contributed by atoms with Crippen LogP contribution in [0.15, 0.2) is 53.4 Å². The summed E-state index contributed by atoms with van der Waals surface area (Å²) in [5.74, 6) is -1.46. The quantitative estimate of drug-likeness (QED) is 0.426. The van der Waals surface area contributed by atoms with Crippen molar-refractivity contribution in [2.24, 2.45) is 5.92 Å². The maximum atomic E-state index is 12.8. The van der Waals surface area contributed by atoms with Crippen LogP contribution >= 0.6 is 11.8 Å². The van der Waals surface area contributed by atoms with E-state index in [0.717, 1.165) is 21.5 Å². The van der Waals surface area contributed by atoms with Gasteiger partial charge in [-0.1, -0.05) is 24.3 Å². The van der Waals surface area contributed by atoms with Crippen LogP contribution in [0.3, 0.4) is 0 Å².